The number of fused-ring (bicyclic) bond motifs is 1. The van der Waals surface area contributed by atoms with Gasteiger partial charge in [0.05, 0.1) is 17.9 Å². The van der Waals surface area contributed by atoms with Gasteiger partial charge in [-0.05, 0) is 74.9 Å². The molecule has 2 atom stereocenters. The highest BCUT2D eigenvalue weighted by atomic mass is 31.2. The van der Waals surface area contributed by atoms with Gasteiger partial charge in [0.15, 0.2) is 6.29 Å². The van der Waals surface area contributed by atoms with E-state index in [4.69, 9.17) is 13.8 Å². The fourth-order valence-electron chi connectivity index (χ4n) is 4.03. The molecule has 10 heteroatoms. The summed E-state index contributed by atoms with van der Waals surface area (Å²) in [6, 6.07) is 12.9. The molecule has 2 aromatic carbocycles. The van der Waals surface area contributed by atoms with Crippen LogP contribution in [0.5, 0.6) is 17.2 Å². The molecule has 37 heavy (non-hydrogen) atoms. The number of aromatic hydroxyl groups is 1. The van der Waals surface area contributed by atoms with Crippen molar-refractivity contribution >= 4 is 20.0 Å². The van der Waals surface area contributed by atoms with E-state index in [-0.39, 0.29) is 34.9 Å². The van der Waals surface area contributed by atoms with E-state index in [1.165, 1.54) is 24.2 Å². The number of para-hydroxylation sites is 1. The van der Waals surface area contributed by atoms with Gasteiger partial charge in [-0.25, -0.2) is 9.36 Å². The SMILES string of the molecule is Cc1ncc(COP(=O)(NC(C)C(=O)Oc2ccc3c(c2)CCCC3)Oc2ccccc2)c(C=O)c1O. The molecule has 0 saturated carbocycles. The lowest BCUT2D eigenvalue weighted by Gasteiger charge is -2.23. The molecule has 2 N–H and O–H groups in total. The van der Waals surface area contributed by atoms with E-state index in [0.29, 0.717) is 12.0 Å². The van der Waals surface area contributed by atoms with Crippen molar-refractivity contribution in [1.29, 1.82) is 0 Å². The summed E-state index contributed by atoms with van der Waals surface area (Å²) in [4.78, 5) is 28.4. The van der Waals surface area contributed by atoms with Gasteiger partial charge in [0.1, 0.15) is 23.3 Å². The lowest BCUT2D eigenvalue weighted by molar-refractivity contribution is -0.136. The summed E-state index contributed by atoms with van der Waals surface area (Å²) in [6.07, 6.45) is 6.01. The molecule has 1 aromatic heterocycles. The van der Waals surface area contributed by atoms with Gasteiger partial charge in [0.2, 0.25) is 0 Å². The molecular formula is C27H29N2O7P. The Balaban J connectivity index is 1.50. The van der Waals surface area contributed by atoms with Gasteiger partial charge < -0.3 is 14.4 Å². The first-order chi connectivity index (χ1) is 17.8. The number of ether oxygens (including phenoxy) is 1. The summed E-state index contributed by atoms with van der Waals surface area (Å²) in [5, 5.41) is 12.8. The van der Waals surface area contributed by atoms with Gasteiger partial charge in [-0.3, -0.25) is 14.3 Å². The van der Waals surface area contributed by atoms with E-state index in [1.807, 2.05) is 12.1 Å². The highest BCUT2D eigenvalue weighted by Gasteiger charge is 2.33. The Labute approximate surface area is 215 Å². The van der Waals surface area contributed by atoms with Crippen LogP contribution in [0.2, 0.25) is 0 Å². The van der Waals surface area contributed by atoms with Gasteiger partial charge in [0, 0.05) is 11.8 Å². The van der Waals surface area contributed by atoms with E-state index in [1.54, 1.807) is 43.3 Å². The normalized spacial score (nSPS) is 15.2. The Hall–Kier alpha value is -3.52. The fourth-order valence-corrected chi connectivity index (χ4v) is 5.50. The topological polar surface area (TPSA) is 124 Å². The largest absolute Gasteiger partial charge is 0.505 e. The first-order valence-electron chi connectivity index (χ1n) is 12.0. The van der Waals surface area contributed by atoms with Crippen LogP contribution in [0.1, 0.15) is 52.5 Å². The molecule has 1 aliphatic carbocycles. The number of hydrogen-bond acceptors (Lipinski definition) is 8. The van der Waals surface area contributed by atoms with Crippen LogP contribution in [0.3, 0.4) is 0 Å². The average molecular weight is 525 g/mol. The van der Waals surface area contributed by atoms with Crippen LogP contribution in [0, 0.1) is 6.92 Å². The number of nitrogens with one attached hydrogen (secondary N) is 1. The Morgan fingerprint density at radius 2 is 1.86 bits per heavy atom. The van der Waals surface area contributed by atoms with Crippen LogP contribution in [0.15, 0.2) is 54.7 Å². The number of aldehydes is 1. The molecule has 0 aliphatic heterocycles. The molecule has 2 unspecified atom stereocenters. The summed E-state index contributed by atoms with van der Waals surface area (Å²) in [6.45, 7) is 2.66. The predicted octanol–water partition coefficient (Wildman–Crippen LogP) is 5.07. The number of pyridine rings is 1. The van der Waals surface area contributed by atoms with Crippen LogP contribution in [-0.2, 0) is 33.3 Å². The molecule has 3 aromatic rings. The minimum absolute atomic E-state index is 0.0290. The molecule has 0 bridgehead atoms. The second-order valence-electron chi connectivity index (χ2n) is 8.83. The number of hydrogen-bond donors (Lipinski definition) is 2. The first kappa shape index (κ1) is 26.5. The van der Waals surface area contributed by atoms with E-state index < -0.39 is 19.8 Å². The lowest BCUT2D eigenvalue weighted by atomic mass is 9.92. The molecule has 0 amide bonds. The molecular weight excluding hydrogens is 495 g/mol. The van der Waals surface area contributed by atoms with Crippen molar-refractivity contribution in [3.63, 3.8) is 0 Å². The van der Waals surface area contributed by atoms with Gasteiger partial charge in [-0.2, -0.15) is 5.09 Å². The van der Waals surface area contributed by atoms with Crippen LogP contribution in [0.4, 0.5) is 0 Å². The number of aromatic nitrogens is 1. The molecule has 1 heterocycles. The van der Waals surface area contributed by atoms with Crippen molar-refractivity contribution in [2.45, 2.75) is 52.2 Å². The predicted molar refractivity (Wildman–Crippen MR) is 137 cm³/mol. The minimum Gasteiger partial charge on any atom is -0.505 e. The third kappa shape index (κ3) is 6.63. The quantitative estimate of drug-likeness (QED) is 0.162. The van der Waals surface area contributed by atoms with E-state index in [0.717, 1.165) is 25.7 Å². The van der Waals surface area contributed by atoms with Crippen LogP contribution in [0.25, 0.3) is 0 Å². The molecule has 0 saturated heterocycles. The highest BCUT2D eigenvalue weighted by molar-refractivity contribution is 7.52. The van der Waals surface area contributed by atoms with Gasteiger partial charge in [-0.15, -0.1) is 0 Å². The van der Waals surface area contributed by atoms with Crippen LogP contribution < -0.4 is 14.3 Å². The van der Waals surface area contributed by atoms with E-state index in [2.05, 4.69) is 10.1 Å². The van der Waals surface area contributed by atoms with Crippen molar-refractivity contribution in [2.24, 2.45) is 0 Å². The standard InChI is InChI=1S/C27H29N2O7P/c1-18-26(31)25(16-30)22(15-28-18)17-34-37(33,36-23-10-4-3-5-11-23)29-19(2)27(32)35-24-13-12-20-8-6-7-9-21(20)14-24/h3-5,10-16,19,31H,6-9,17H2,1-2H3,(H,29,33). The summed E-state index contributed by atoms with van der Waals surface area (Å²) >= 11 is 0. The van der Waals surface area contributed by atoms with Crippen molar-refractivity contribution in [3.8, 4) is 17.2 Å². The number of nitrogens with zero attached hydrogens (tertiary/aromatic N) is 1. The summed E-state index contributed by atoms with van der Waals surface area (Å²) in [5.41, 5.74) is 2.88. The third-order valence-electron chi connectivity index (χ3n) is 6.08. The number of carbonyl (C=O) groups is 2. The molecule has 9 nitrogen and oxygen atoms in total. The molecule has 0 spiro atoms. The second-order valence-corrected chi connectivity index (χ2v) is 10.5. The van der Waals surface area contributed by atoms with Crippen LogP contribution >= 0.6 is 7.75 Å². The maximum Gasteiger partial charge on any atom is 0.459 e. The summed E-state index contributed by atoms with van der Waals surface area (Å²) in [7, 11) is -4.17. The van der Waals surface area contributed by atoms with Crippen molar-refractivity contribution < 1.29 is 33.0 Å². The molecule has 0 fully saturated rings. The van der Waals surface area contributed by atoms with Gasteiger partial charge in [-0.1, -0.05) is 24.3 Å². The molecule has 4 rings (SSSR count). The Kier molecular flexibility index (Phi) is 8.38. The van der Waals surface area contributed by atoms with Crippen LogP contribution in [-0.4, -0.2) is 28.4 Å². The Morgan fingerprint density at radius 1 is 1.14 bits per heavy atom. The molecule has 1 aliphatic rings. The van der Waals surface area contributed by atoms with Gasteiger partial charge >= 0.3 is 13.7 Å². The zero-order valence-corrected chi connectivity index (χ0v) is 21.6. The minimum atomic E-state index is -4.17. The molecule has 0 radical (unpaired) electrons. The van der Waals surface area contributed by atoms with Crippen molar-refractivity contribution in [3.05, 3.63) is 82.7 Å². The number of aryl methyl sites for hydroxylation is 3. The maximum atomic E-state index is 13.7. The number of esters is 1. The second kappa shape index (κ2) is 11.7. The number of carbonyl (C=O) groups excluding carboxylic acids is 2. The van der Waals surface area contributed by atoms with Gasteiger partial charge in [0.25, 0.3) is 0 Å². The zero-order valence-electron chi connectivity index (χ0n) is 20.7. The Bertz CT molecular complexity index is 1330. The zero-order chi connectivity index (χ0) is 26.4. The summed E-state index contributed by atoms with van der Waals surface area (Å²) < 4.78 is 30.5. The molecule has 194 valence electrons. The number of benzene rings is 2. The maximum absolute atomic E-state index is 13.7. The Morgan fingerprint density at radius 3 is 2.59 bits per heavy atom. The van der Waals surface area contributed by atoms with Crippen molar-refractivity contribution in [2.75, 3.05) is 0 Å². The first-order valence-corrected chi connectivity index (χ1v) is 13.6. The smallest absolute Gasteiger partial charge is 0.459 e. The average Bonchev–Trinajstić information content (AvgIpc) is 2.89. The van der Waals surface area contributed by atoms with E-state index in [9.17, 15) is 19.3 Å². The number of rotatable bonds is 10. The summed E-state index contributed by atoms with van der Waals surface area (Å²) in [5.74, 6) is -0.297. The third-order valence-corrected chi connectivity index (χ3v) is 7.70. The lowest BCUT2D eigenvalue weighted by Crippen LogP contribution is -2.36. The monoisotopic (exact) mass is 524 g/mol. The van der Waals surface area contributed by atoms with Crippen molar-refractivity contribution in [1.82, 2.24) is 10.1 Å². The van der Waals surface area contributed by atoms with E-state index >= 15 is 0 Å². The highest BCUT2D eigenvalue weighted by Crippen LogP contribution is 2.46. The fraction of sp³-hybridized carbons (Fsp3) is 0.296.